The summed E-state index contributed by atoms with van der Waals surface area (Å²) in [6.45, 7) is 2.76. The van der Waals surface area contributed by atoms with E-state index in [2.05, 4.69) is 20.5 Å². The number of amides is 1. The molecule has 0 atom stereocenters. The summed E-state index contributed by atoms with van der Waals surface area (Å²) in [7, 11) is 1.95. The van der Waals surface area contributed by atoms with Crippen LogP contribution in [-0.2, 0) is 17.9 Å². The maximum Gasteiger partial charge on any atom is 0.262 e. The molecule has 36 heavy (non-hydrogen) atoms. The van der Waals surface area contributed by atoms with E-state index in [1.807, 2.05) is 62.7 Å². The number of benzene rings is 3. The number of anilines is 1. The Hall–Kier alpha value is -3.69. The summed E-state index contributed by atoms with van der Waals surface area (Å²) < 4.78 is 24.2. The molecule has 9 heteroatoms. The predicted octanol–water partition coefficient (Wildman–Crippen LogP) is 5.56. The van der Waals surface area contributed by atoms with E-state index in [0.717, 1.165) is 33.0 Å². The molecule has 1 N–H and O–H groups in total. The van der Waals surface area contributed by atoms with Gasteiger partial charge in [-0.2, -0.15) is 0 Å². The van der Waals surface area contributed by atoms with Crippen LogP contribution in [0.4, 0.5) is 10.1 Å². The number of ether oxygens (including phenoxy) is 1. The zero-order valence-electron chi connectivity index (χ0n) is 20.3. The van der Waals surface area contributed by atoms with E-state index in [1.54, 1.807) is 23.9 Å². The van der Waals surface area contributed by atoms with Crippen LogP contribution in [0.25, 0.3) is 11.1 Å². The Balaban J connectivity index is 1.49. The normalized spacial score (nSPS) is 11.0. The molecule has 3 aromatic carbocycles. The minimum atomic E-state index is -0.288. The summed E-state index contributed by atoms with van der Waals surface area (Å²) in [5, 5.41) is 10.6. The van der Waals surface area contributed by atoms with E-state index >= 15 is 0 Å². The molecular formula is C27H27FN4O3S. The van der Waals surface area contributed by atoms with Gasteiger partial charge in [-0.05, 0) is 79.9 Å². The van der Waals surface area contributed by atoms with Gasteiger partial charge in [0, 0.05) is 29.2 Å². The van der Waals surface area contributed by atoms with Crippen molar-refractivity contribution in [1.82, 2.24) is 15.2 Å². The molecule has 0 radical (unpaired) electrons. The number of hydrogen-bond donors (Lipinski definition) is 1. The smallest absolute Gasteiger partial charge is 0.262 e. The summed E-state index contributed by atoms with van der Waals surface area (Å²) in [5.41, 5.74) is 4.88. The lowest BCUT2D eigenvalue weighted by atomic mass is 10.0. The summed E-state index contributed by atoms with van der Waals surface area (Å²) in [5.74, 6) is 0.0538. The summed E-state index contributed by atoms with van der Waals surface area (Å²) in [6.07, 6.45) is 2.00. The zero-order valence-corrected chi connectivity index (χ0v) is 21.1. The topological polar surface area (TPSA) is 80.5 Å². The van der Waals surface area contributed by atoms with Gasteiger partial charge in [0.15, 0.2) is 6.61 Å². The van der Waals surface area contributed by atoms with Gasteiger partial charge in [-0.3, -0.25) is 9.69 Å². The van der Waals surface area contributed by atoms with Crippen molar-refractivity contribution in [1.29, 1.82) is 0 Å². The maximum absolute atomic E-state index is 13.4. The van der Waals surface area contributed by atoms with Gasteiger partial charge in [-0.15, -0.1) is 11.8 Å². The van der Waals surface area contributed by atoms with Crippen LogP contribution >= 0.6 is 11.8 Å². The molecule has 0 bridgehead atoms. The number of nitrogens with zero attached hydrogens (tertiary/aromatic N) is 3. The molecule has 0 aliphatic carbocycles. The van der Waals surface area contributed by atoms with Gasteiger partial charge in [0.1, 0.15) is 23.0 Å². The lowest BCUT2D eigenvalue weighted by molar-refractivity contribution is -0.118. The van der Waals surface area contributed by atoms with E-state index < -0.39 is 0 Å². The van der Waals surface area contributed by atoms with Crippen LogP contribution in [0.1, 0.15) is 17.0 Å². The third-order valence-electron chi connectivity index (χ3n) is 5.58. The number of carbonyl (C=O) groups is 1. The third kappa shape index (κ3) is 6.71. The maximum atomic E-state index is 13.4. The molecule has 0 aliphatic rings. The highest BCUT2D eigenvalue weighted by Crippen LogP contribution is 2.28. The first kappa shape index (κ1) is 25.4. The van der Waals surface area contributed by atoms with Crippen LogP contribution in [0.5, 0.6) is 5.75 Å². The first-order valence-electron chi connectivity index (χ1n) is 11.3. The van der Waals surface area contributed by atoms with E-state index in [1.165, 1.54) is 12.1 Å². The van der Waals surface area contributed by atoms with Gasteiger partial charge in [0.05, 0.1) is 0 Å². The van der Waals surface area contributed by atoms with Crippen molar-refractivity contribution in [2.75, 3.05) is 25.2 Å². The monoisotopic (exact) mass is 506 g/mol. The quantitative estimate of drug-likeness (QED) is 0.282. The van der Waals surface area contributed by atoms with Crippen molar-refractivity contribution in [3.05, 3.63) is 89.5 Å². The fraction of sp³-hybridized carbons (Fsp3) is 0.222. The largest absolute Gasteiger partial charge is 0.483 e. The number of hydrogen-bond acceptors (Lipinski definition) is 7. The van der Waals surface area contributed by atoms with E-state index in [4.69, 9.17) is 9.37 Å². The van der Waals surface area contributed by atoms with Gasteiger partial charge in [-0.25, -0.2) is 9.02 Å². The Morgan fingerprint density at radius 3 is 2.42 bits per heavy atom. The standard InChI is InChI=1S/C27H27FN4O3S/c1-18-25(31-35-30-18)16-32(2)15-21-14-20(19-4-7-22(28)8-5-19)6-13-26(21)34-17-27(33)29-23-9-11-24(36-3)12-10-23/h4-14H,15-17H2,1-3H3,(H,29,33). The Morgan fingerprint density at radius 1 is 1.03 bits per heavy atom. The van der Waals surface area contributed by atoms with Crippen LogP contribution in [0.2, 0.25) is 0 Å². The van der Waals surface area contributed by atoms with Crippen LogP contribution in [0, 0.1) is 12.7 Å². The summed E-state index contributed by atoms with van der Waals surface area (Å²) >= 11 is 1.64. The first-order chi connectivity index (χ1) is 17.4. The van der Waals surface area contributed by atoms with Gasteiger partial charge in [-0.1, -0.05) is 28.5 Å². The Kier molecular flexibility index (Phi) is 8.35. The fourth-order valence-corrected chi connectivity index (χ4v) is 4.08. The molecular weight excluding hydrogens is 479 g/mol. The predicted molar refractivity (Wildman–Crippen MR) is 138 cm³/mol. The molecule has 7 nitrogen and oxygen atoms in total. The van der Waals surface area contributed by atoms with Crippen molar-refractivity contribution in [3.8, 4) is 16.9 Å². The first-order valence-corrected chi connectivity index (χ1v) is 12.6. The lowest BCUT2D eigenvalue weighted by Gasteiger charge is -2.19. The average Bonchev–Trinajstić information content (AvgIpc) is 3.28. The van der Waals surface area contributed by atoms with Gasteiger partial charge in [0.25, 0.3) is 5.91 Å². The molecule has 1 amide bonds. The molecule has 0 unspecified atom stereocenters. The lowest BCUT2D eigenvalue weighted by Crippen LogP contribution is -2.22. The molecule has 4 aromatic rings. The van der Waals surface area contributed by atoms with E-state index in [0.29, 0.717) is 24.5 Å². The fourth-order valence-electron chi connectivity index (χ4n) is 3.68. The Labute approximate surface area is 213 Å². The molecule has 0 saturated heterocycles. The van der Waals surface area contributed by atoms with Crippen molar-refractivity contribution < 1.29 is 18.6 Å². The van der Waals surface area contributed by atoms with E-state index in [-0.39, 0.29) is 18.3 Å². The van der Waals surface area contributed by atoms with Gasteiger partial charge >= 0.3 is 0 Å². The second-order valence-corrected chi connectivity index (χ2v) is 9.24. The van der Waals surface area contributed by atoms with Gasteiger partial charge in [0.2, 0.25) is 0 Å². The number of carbonyl (C=O) groups excluding carboxylic acids is 1. The molecule has 186 valence electrons. The highest BCUT2D eigenvalue weighted by Gasteiger charge is 2.14. The van der Waals surface area contributed by atoms with Crippen LogP contribution in [0.15, 0.2) is 76.3 Å². The molecule has 1 aromatic heterocycles. The second-order valence-electron chi connectivity index (χ2n) is 8.36. The number of aromatic nitrogens is 2. The number of thioether (sulfide) groups is 1. The van der Waals surface area contributed by atoms with Crippen molar-refractivity contribution in [2.24, 2.45) is 0 Å². The number of halogens is 1. The number of aryl methyl sites for hydroxylation is 1. The summed E-state index contributed by atoms with van der Waals surface area (Å²) in [6, 6.07) is 19.7. The van der Waals surface area contributed by atoms with Crippen molar-refractivity contribution in [3.63, 3.8) is 0 Å². The molecule has 1 heterocycles. The van der Waals surface area contributed by atoms with Crippen LogP contribution < -0.4 is 10.1 Å². The molecule has 0 spiro atoms. The van der Waals surface area contributed by atoms with Crippen molar-refractivity contribution >= 4 is 23.4 Å². The molecule has 4 rings (SSSR count). The molecule has 0 fully saturated rings. The summed E-state index contributed by atoms with van der Waals surface area (Å²) in [4.78, 5) is 15.7. The third-order valence-corrected chi connectivity index (χ3v) is 6.32. The van der Waals surface area contributed by atoms with Crippen LogP contribution in [-0.4, -0.2) is 41.0 Å². The average molecular weight is 507 g/mol. The Morgan fingerprint density at radius 2 is 1.75 bits per heavy atom. The molecule has 0 aliphatic heterocycles. The second kappa shape index (κ2) is 11.8. The minimum Gasteiger partial charge on any atom is -0.483 e. The molecule has 0 saturated carbocycles. The highest BCUT2D eigenvalue weighted by atomic mass is 32.2. The Bertz CT molecular complexity index is 1310. The van der Waals surface area contributed by atoms with Crippen LogP contribution in [0.3, 0.4) is 0 Å². The number of nitrogens with one attached hydrogen (secondary N) is 1. The number of rotatable bonds is 10. The van der Waals surface area contributed by atoms with E-state index in [9.17, 15) is 9.18 Å². The highest BCUT2D eigenvalue weighted by molar-refractivity contribution is 7.98. The zero-order chi connectivity index (χ0) is 25.5. The SMILES string of the molecule is CSc1ccc(NC(=O)COc2ccc(-c3ccc(F)cc3)cc2CN(C)Cc2nonc2C)cc1. The van der Waals surface area contributed by atoms with Crippen molar-refractivity contribution in [2.45, 2.75) is 24.9 Å². The van der Waals surface area contributed by atoms with Gasteiger partial charge < -0.3 is 10.1 Å². The minimum absolute atomic E-state index is 0.136.